The molecular formula is C9H9IO. The highest BCUT2D eigenvalue weighted by Crippen LogP contribution is 2.07. The molecule has 0 N–H and O–H groups in total. The maximum Gasteiger partial charge on any atom is 0.110 e. The van der Waals surface area contributed by atoms with Gasteiger partial charge in [-0.15, -0.1) is 0 Å². The zero-order chi connectivity index (χ0) is 8.10. The Morgan fingerprint density at radius 2 is 2.00 bits per heavy atom. The smallest absolute Gasteiger partial charge is 0.110 e. The van der Waals surface area contributed by atoms with E-state index in [1.807, 2.05) is 53.3 Å². The van der Waals surface area contributed by atoms with Crippen LogP contribution in [0.5, 0.6) is 0 Å². The van der Waals surface area contributed by atoms with Crippen LogP contribution in [-0.4, -0.2) is 0 Å². The molecule has 0 heterocycles. The van der Waals surface area contributed by atoms with Crippen LogP contribution < -0.4 is 0 Å². The van der Waals surface area contributed by atoms with Crippen LogP contribution in [-0.2, 0) is 9.67 Å². The Balaban J connectivity index is 2.74. The van der Waals surface area contributed by atoms with Crippen molar-refractivity contribution < 1.29 is 3.07 Å². The monoisotopic (exact) mass is 260 g/mol. The number of halogens is 1. The number of benzene rings is 1. The summed E-state index contributed by atoms with van der Waals surface area (Å²) in [6.07, 6.45) is 1.83. The second-order valence-electron chi connectivity index (χ2n) is 2.20. The minimum Gasteiger partial charge on any atom is -0.311 e. The number of rotatable bonds is 3. The van der Waals surface area contributed by atoms with Gasteiger partial charge in [0.15, 0.2) is 0 Å². The highest BCUT2D eigenvalue weighted by atomic mass is 127. The molecule has 0 amide bonds. The van der Waals surface area contributed by atoms with Gasteiger partial charge in [-0.1, -0.05) is 36.9 Å². The van der Waals surface area contributed by atoms with E-state index in [2.05, 4.69) is 6.58 Å². The van der Waals surface area contributed by atoms with Gasteiger partial charge in [-0.3, -0.25) is 0 Å². The van der Waals surface area contributed by atoms with Crippen molar-refractivity contribution in [2.24, 2.45) is 0 Å². The summed E-state index contributed by atoms with van der Waals surface area (Å²) in [5.41, 5.74) is 2.33. The van der Waals surface area contributed by atoms with Gasteiger partial charge >= 0.3 is 0 Å². The van der Waals surface area contributed by atoms with Gasteiger partial charge in [0.1, 0.15) is 23.0 Å². The molecule has 1 nitrogen and oxygen atoms in total. The third-order valence-corrected chi connectivity index (χ3v) is 1.75. The van der Waals surface area contributed by atoms with Crippen molar-refractivity contribution in [2.75, 3.05) is 0 Å². The van der Waals surface area contributed by atoms with E-state index < -0.39 is 0 Å². The van der Waals surface area contributed by atoms with Crippen molar-refractivity contribution in [2.45, 2.75) is 6.61 Å². The van der Waals surface area contributed by atoms with Crippen molar-refractivity contribution in [1.82, 2.24) is 0 Å². The predicted octanol–water partition coefficient (Wildman–Crippen LogP) is 3.20. The molecule has 58 valence electrons. The van der Waals surface area contributed by atoms with Gasteiger partial charge in [0.05, 0.1) is 6.61 Å². The van der Waals surface area contributed by atoms with Gasteiger partial charge in [-0.2, -0.15) is 0 Å². The normalized spacial score (nSPS) is 9.55. The van der Waals surface area contributed by atoms with E-state index in [9.17, 15) is 0 Å². The molecular weight excluding hydrogens is 251 g/mol. The largest absolute Gasteiger partial charge is 0.311 e. The molecule has 2 heteroatoms. The molecule has 0 aliphatic rings. The molecule has 0 aliphatic carbocycles. The molecule has 0 saturated heterocycles. The average Bonchev–Trinajstić information content (AvgIpc) is 2.07. The maximum absolute atomic E-state index is 4.95. The second kappa shape index (κ2) is 4.51. The first-order chi connectivity index (χ1) is 5.36. The molecule has 1 rings (SSSR count). The van der Waals surface area contributed by atoms with Gasteiger partial charge in [0.25, 0.3) is 0 Å². The number of hydrogen-bond donors (Lipinski definition) is 0. The highest BCUT2D eigenvalue weighted by molar-refractivity contribution is 14.1. The Hall–Kier alpha value is -0.350. The molecule has 0 aliphatic heterocycles. The molecule has 0 bridgehead atoms. The van der Waals surface area contributed by atoms with Gasteiger partial charge in [-0.05, 0) is 11.1 Å². The van der Waals surface area contributed by atoms with E-state index in [1.165, 1.54) is 5.56 Å². The Bertz CT molecular complexity index is 228. The molecule has 0 radical (unpaired) electrons. The van der Waals surface area contributed by atoms with Crippen molar-refractivity contribution in [3.8, 4) is 0 Å². The molecule has 0 spiro atoms. The SMILES string of the molecule is C=Cc1ccc(COI)cc1. The molecule has 0 saturated carbocycles. The quantitative estimate of drug-likeness (QED) is 0.758. The summed E-state index contributed by atoms with van der Waals surface area (Å²) in [6.45, 7) is 4.34. The summed E-state index contributed by atoms with van der Waals surface area (Å²) in [7, 11) is 0. The highest BCUT2D eigenvalue weighted by Gasteiger charge is 1.90. The minimum atomic E-state index is 0.665. The summed E-state index contributed by atoms with van der Waals surface area (Å²) < 4.78 is 4.95. The lowest BCUT2D eigenvalue weighted by molar-refractivity contribution is 0.418. The van der Waals surface area contributed by atoms with E-state index in [-0.39, 0.29) is 0 Å². The summed E-state index contributed by atoms with van der Waals surface area (Å²) >= 11 is 1.89. The first-order valence-corrected chi connectivity index (χ1v) is 4.20. The summed E-state index contributed by atoms with van der Waals surface area (Å²) in [5, 5.41) is 0. The van der Waals surface area contributed by atoms with Crippen LogP contribution in [0.3, 0.4) is 0 Å². The number of hydrogen-bond acceptors (Lipinski definition) is 1. The molecule has 1 aromatic rings. The van der Waals surface area contributed by atoms with Crippen LogP contribution >= 0.6 is 23.0 Å². The fourth-order valence-corrected chi connectivity index (χ4v) is 1.17. The van der Waals surface area contributed by atoms with Crippen LogP contribution in [0, 0.1) is 0 Å². The van der Waals surface area contributed by atoms with E-state index in [1.54, 1.807) is 0 Å². The van der Waals surface area contributed by atoms with E-state index in [4.69, 9.17) is 3.07 Å². The third kappa shape index (κ3) is 2.63. The van der Waals surface area contributed by atoms with Crippen LogP contribution in [0.1, 0.15) is 11.1 Å². The van der Waals surface area contributed by atoms with Gasteiger partial charge in [0, 0.05) is 0 Å². The van der Waals surface area contributed by atoms with E-state index >= 15 is 0 Å². The van der Waals surface area contributed by atoms with Crippen molar-refractivity contribution in [3.05, 3.63) is 42.0 Å². The Morgan fingerprint density at radius 1 is 1.36 bits per heavy atom. The zero-order valence-corrected chi connectivity index (χ0v) is 8.24. The van der Waals surface area contributed by atoms with Gasteiger partial charge in [-0.25, -0.2) is 0 Å². The van der Waals surface area contributed by atoms with Gasteiger partial charge < -0.3 is 3.07 Å². The Morgan fingerprint density at radius 3 is 2.45 bits per heavy atom. The van der Waals surface area contributed by atoms with Crippen molar-refractivity contribution in [1.29, 1.82) is 0 Å². The average molecular weight is 260 g/mol. The minimum absolute atomic E-state index is 0.665. The van der Waals surface area contributed by atoms with Crippen LogP contribution in [0.2, 0.25) is 0 Å². The van der Waals surface area contributed by atoms with Crippen LogP contribution in [0.25, 0.3) is 6.08 Å². The van der Waals surface area contributed by atoms with Crippen LogP contribution in [0.4, 0.5) is 0 Å². The first-order valence-electron chi connectivity index (χ1n) is 3.31. The standard InChI is InChI=1S/C9H9IO/c1-2-8-3-5-9(6-4-8)7-11-10/h2-6H,1,7H2. The molecule has 0 fully saturated rings. The van der Waals surface area contributed by atoms with E-state index in [0.29, 0.717) is 6.61 Å². The van der Waals surface area contributed by atoms with E-state index in [0.717, 1.165) is 5.56 Å². The summed E-state index contributed by atoms with van der Waals surface area (Å²) in [5.74, 6) is 0. The second-order valence-corrected chi connectivity index (χ2v) is 2.82. The summed E-state index contributed by atoms with van der Waals surface area (Å²) in [4.78, 5) is 0. The van der Waals surface area contributed by atoms with Crippen molar-refractivity contribution >= 4 is 29.1 Å². The fraction of sp³-hybridized carbons (Fsp3) is 0.111. The lowest BCUT2D eigenvalue weighted by Gasteiger charge is -1.97. The maximum atomic E-state index is 4.95. The topological polar surface area (TPSA) is 9.23 Å². The lowest BCUT2D eigenvalue weighted by Crippen LogP contribution is -1.82. The molecule has 1 aromatic carbocycles. The zero-order valence-electron chi connectivity index (χ0n) is 6.09. The Labute approximate surface area is 80.8 Å². The first kappa shape index (κ1) is 8.74. The predicted molar refractivity (Wildman–Crippen MR) is 55.3 cm³/mol. The molecule has 0 unspecified atom stereocenters. The van der Waals surface area contributed by atoms with Gasteiger partial charge in [0.2, 0.25) is 0 Å². The molecule has 0 atom stereocenters. The van der Waals surface area contributed by atoms with Crippen molar-refractivity contribution in [3.63, 3.8) is 0 Å². The molecule has 0 aromatic heterocycles. The lowest BCUT2D eigenvalue weighted by atomic mass is 10.1. The van der Waals surface area contributed by atoms with Crippen LogP contribution in [0.15, 0.2) is 30.8 Å². The molecule has 11 heavy (non-hydrogen) atoms. The fourth-order valence-electron chi connectivity index (χ4n) is 0.813. The Kier molecular flexibility index (Phi) is 3.59. The third-order valence-electron chi connectivity index (χ3n) is 1.44. The summed E-state index contributed by atoms with van der Waals surface area (Å²) in [6, 6.07) is 8.13.